The van der Waals surface area contributed by atoms with Crippen molar-refractivity contribution in [1.82, 2.24) is 15.1 Å². The van der Waals surface area contributed by atoms with Crippen molar-refractivity contribution in [2.24, 2.45) is 7.05 Å². The van der Waals surface area contributed by atoms with Crippen LogP contribution >= 0.6 is 0 Å². The van der Waals surface area contributed by atoms with Crippen LogP contribution in [0.15, 0.2) is 18.3 Å². The normalized spacial score (nSPS) is 24.9. The van der Waals surface area contributed by atoms with Crippen LogP contribution in [0.3, 0.4) is 0 Å². The predicted octanol–water partition coefficient (Wildman–Crippen LogP) is 2.11. The van der Waals surface area contributed by atoms with E-state index in [9.17, 15) is 0 Å². The number of aromatic nitrogens is 2. The fourth-order valence-electron chi connectivity index (χ4n) is 2.92. The fraction of sp³-hybridized carbons (Fsp3) is 0.615. The van der Waals surface area contributed by atoms with E-state index in [1.54, 1.807) is 0 Å². The lowest BCUT2D eigenvalue weighted by Gasteiger charge is -2.27. The van der Waals surface area contributed by atoms with E-state index in [1.165, 1.54) is 43.4 Å². The predicted molar refractivity (Wildman–Crippen MR) is 64.2 cm³/mol. The second-order valence-corrected chi connectivity index (χ2v) is 4.92. The molecule has 1 aromatic heterocycles. The summed E-state index contributed by atoms with van der Waals surface area (Å²) < 4.78 is 2.04. The van der Waals surface area contributed by atoms with Crippen LogP contribution in [0.5, 0.6) is 0 Å². The van der Waals surface area contributed by atoms with Gasteiger partial charge in [-0.1, -0.05) is 12.2 Å². The van der Waals surface area contributed by atoms with Gasteiger partial charge < -0.3 is 5.32 Å². The Morgan fingerprint density at radius 1 is 1.38 bits per heavy atom. The first-order valence-electron chi connectivity index (χ1n) is 6.26. The molecule has 1 unspecified atom stereocenters. The van der Waals surface area contributed by atoms with Gasteiger partial charge in [-0.15, -0.1) is 0 Å². The molecule has 86 valence electrons. The molecule has 0 aromatic carbocycles. The highest BCUT2D eigenvalue weighted by atomic mass is 15.3. The Labute approximate surface area is 96.5 Å². The van der Waals surface area contributed by atoms with Crippen molar-refractivity contribution in [3.8, 4) is 0 Å². The number of fused-ring (bicyclic) bond motifs is 1. The van der Waals surface area contributed by atoms with E-state index in [4.69, 9.17) is 0 Å². The van der Waals surface area contributed by atoms with Crippen molar-refractivity contribution in [3.05, 3.63) is 29.6 Å². The third-order valence-electron chi connectivity index (χ3n) is 3.82. The Bertz CT molecular complexity index is 397. The Kier molecular flexibility index (Phi) is 2.56. The van der Waals surface area contributed by atoms with Gasteiger partial charge in [0.25, 0.3) is 0 Å². The highest BCUT2D eigenvalue weighted by Gasteiger charge is 2.25. The van der Waals surface area contributed by atoms with Crippen LogP contribution in [0.2, 0.25) is 0 Å². The van der Waals surface area contributed by atoms with Crippen LogP contribution in [0.25, 0.3) is 0 Å². The second kappa shape index (κ2) is 4.06. The molecule has 0 saturated carbocycles. The standard InChI is InChI=1S/C13H19N3/c1-16-13-8-4-7-12(11(13)9-14-16)15-10-5-2-3-6-10/h2-3,9-10,12,15H,4-8H2,1H3. The van der Waals surface area contributed by atoms with Crippen molar-refractivity contribution in [2.45, 2.75) is 44.2 Å². The van der Waals surface area contributed by atoms with Crippen LogP contribution in [0.1, 0.15) is 43.0 Å². The summed E-state index contributed by atoms with van der Waals surface area (Å²) in [5, 5.41) is 8.16. The molecule has 0 amide bonds. The molecule has 0 saturated heterocycles. The van der Waals surface area contributed by atoms with E-state index in [2.05, 4.69) is 35.8 Å². The summed E-state index contributed by atoms with van der Waals surface area (Å²) >= 11 is 0. The molecule has 2 aliphatic rings. The summed E-state index contributed by atoms with van der Waals surface area (Å²) in [4.78, 5) is 0. The van der Waals surface area contributed by atoms with Crippen LogP contribution in [-0.4, -0.2) is 15.8 Å². The fourth-order valence-corrected chi connectivity index (χ4v) is 2.92. The van der Waals surface area contributed by atoms with Crippen molar-refractivity contribution < 1.29 is 0 Å². The van der Waals surface area contributed by atoms with E-state index in [0.717, 1.165) is 0 Å². The van der Waals surface area contributed by atoms with Gasteiger partial charge in [0.05, 0.1) is 6.20 Å². The Morgan fingerprint density at radius 2 is 2.19 bits per heavy atom. The Morgan fingerprint density at radius 3 is 3.00 bits per heavy atom. The smallest absolute Gasteiger partial charge is 0.0540 e. The summed E-state index contributed by atoms with van der Waals surface area (Å²) in [5.41, 5.74) is 2.86. The largest absolute Gasteiger partial charge is 0.306 e. The second-order valence-electron chi connectivity index (χ2n) is 4.92. The molecule has 0 aliphatic heterocycles. The summed E-state index contributed by atoms with van der Waals surface area (Å²) in [6.07, 6.45) is 12.7. The van der Waals surface area contributed by atoms with E-state index in [-0.39, 0.29) is 0 Å². The lowest BCUT2D eigenvalue weighted by molar-refractivity contribution is 0.399. The van der Waals surface area contributed by atoms with E-state index >= 15 is 0 Å². The minimum Gasteiger partial charge on any atom is -0.306 e. The number of nitrogens with zero attached hydrogens (tertiary/aromatic N) is 2. The van der Waals surface area contributed by atoms with Gasteiger partial charge >= 0.3 is 0 Å². The molecule has 1 atom stereocenters. The first-order valence-corrected chi connectivity index (χ1v) is 6.26. The molecule has 1 N–H and O–H groups in total. The maximum atomic E-state index is 4.38. The first kappa shape index (κ1) is 10.1. The third kappa shape index (κ3) is 1.69. The number of nitrogens with one attached hydrogen (secondary N) is 1. The summed E-state index contributed by atoms with van der Waals surface area (Å²) in [5.74, 6) is 0. The average Bonchev–Trinajstić information content (AvgIpc) is 2.90. The van der Waals surface area contributed by atoms with Gasteiger partial charge in [0.2, 0.25) is 0 Å². The van der Waals surface area contributed by atoms with Crippen molar-refractivity contribution in [3.63, 3.8) is 0 Å². The molecule has 16 heavy (non-hydrogen) atoms. The topological polar surface area (TPSA) is 29.9 Å². The van der Waals surface area contributed by atoms with Gasteiger partial charge in [0.15, 0.2) is 0 Å². The molecule has 3 heteroatoms. The minimum atomic E-state index is 0.530. The zero-order chi connectivity index (χ0) is 11.0. The van der Waals surface area contributed by atoms with Crippen LogP contribution in [0, 0.1) is 0 Å². The zero-order valence-electron chi connectivity index (χ0n) is 9.82. The molecular formula is C13H19N3. The average molecular weight is 217 g/mol. The van der Waals surface area contributed by atoms with Crippen LogP contribution < -0.4 is 5.32 Å². The van der Waals surface area contributed by atoms with Gasteiger partial charge in [0, 0.05) is 30.4 Å². The molecule has 3 rings (SSSR count). The first-order chi connectivity index (χ1) is 7.84. The summed E-state index contributed by atoms with van der Waals surface area (Å²) in [6, 6.07) is 1.18. The zero-order valence-corrected chi connectivity index (χ0v) is 9.82. The summed E-state index contributed by atoms with van der Waals surface area (Å²) in [7, 11) is 2.05. The minimum absolute atomic E-state index is 0.530. The Balaban J connectivity index is 1.76. The van der Waals surface area contributed by atoms with Gasteiger partial charge in [-0.05, 0) is 32.1 Å². The van der Waals surface area contributed by atoms with Crippen LogP contribution in [-0.2, 0) is 13.5 Å². The Hall–Kier alpha value is -1.09. The molecule has 2 aliphatic carbocycles. The molecule has 1 heterocycles. The van der Waals surface area contributed by atoms with Gasteiger partial charge in [-0.2, -0.15) is 5.10 Å². The number of hydrogen-bond donors (Lipinski definition) is 1. The maximum absolute atomic E-state index is 4.38. The maximum Gasteiger partial charge on any atom is 0.0540 e. The number of aryl methyl sites for hydroxylation is 1. The molecule has 0 bridgehead atoms. The van der Waals surface area contributed by atoms with Crippen LogP contribution in [0.4, 0.5) is 0 Å². The van der Waals surface area contributed by atoms with E-state index < -0.39 is 0 Å². The molecule has 0 radical (unpaired) electrons. The summed E-state index contributed by atoms with van der Waals surface area (Å²) in [6.45, 7) is 0. The van der Waals surface area contributed by atoms with Gasteiger partial charge in [-0.3, -0.25) is 4.68 Å². The molecule has 1 aromatic rings. The number of hydrogen-bond acceptors (Lipinski definition) is 2. The third-order valence-corrected chi connectivity index (χ3v) is 3.82. The van der Waals surface area contributed by atoms with E-state index in [0.29, 0.717) is 12.1 Å². The molecule has 3 nitrogen and oxygen atoms in total. The molecular weight excluding hydrogens is 198 g/mol. The van der Waals surface area contributed by atoms with Gasteiger partial charge in [0.1, 0.15) is 0 Å². The van der Waals surface area contributed by atoms with Crippen molar-refractivity contribution in [2.75, 3.05) is 0 Å². The lowest BCUT2D eigenvalue weighted by atomic mass is 9.92. The van der Waals surface area contributed by atoms with Gasteiger partial charge in [-0.25, -0.2) is 0 Å². The number of rotatable bonds is 2. The highest BCUT2D eigenvalue weighted by molar-refractivity contribution is 5.25. The van der Waals surface area contributed by atoms with Crippen molar-refractivity contribution in [1.29, 1.82) is 0 Å². The highest BCUT2D eigenvalue weighted by Crippen LogP contribution is 2.30. The quantitative estimate of drug-likeness (QED) is 0.769. The lowest BCUT2D eigenvalue weighted by Crippen LogP contribution is -2.32. The molecule has 0 spiro atoms. The van der Waals surface area contributed by atoms with Crippen molar-refractivity contribution >= 4 is 0 Å². The monoisotopic (exact) mass is 217 g/mol. The SMILES string of the molecule is Cn1ncc2c1CCCC2NC1CC=CC1. The van der Waals surface area contributed by atoms with E-state index in [1.807, 2.05) is 4.68 Å². The molecule has 0 fully saturated rings.